The summed E-state index contributed by atoms with van der Waals surface area (Å²) in [5.74, 6) is -0.217. The van der Waals surface area contributed by atoms with Gasteiger partial charge in [0.15, 0.2) is 6.61 Å². The van der Waals surface area contributed by atoms with Crippen LogP contribution in [0.4, 0.5) is 13.2 Å². The monoisotopic (exact) mass is 407 g/mol. The Labute approximate surface area is 164 Å². The van der Waals surface area contributed by atoms with Gasteiger partial charge in [-0.05, 0) is 25.5 Å². The van der Waals surface area contributed by atoms with Gasteiger partial charge in [-0.3, -0.25) is 14.5 Å². The molecular weight excluding hydrogens is 387 g/mol. The molecule has 0 bridgehead atoms. The third-order valence-corrected chi connectivity index (χ3v) is 3.87. The predicted molar refractivity (Wildman–Crippen MR) is 99.4 cm³/mol. The number of ether oxygens (including phenoxy) is 1. The van der Waals surface area contributed by atoms with Gasteiger partial charge in [-0.15, -0.1) is 0 Å². The van der Waals surface area contributed by atoms with E-state index in [9.17, 15) is 18.0 Å². The Balaban J connectivity index is 1.71. The standard InChI is InChI=1S/C19H20F3N5O2/c1-12(2)25-17(28)7-16-14-10-27(26-15(14)5-6-23-16)9-13-3-4-18(24-8-13)29-11-19(20,21)22/h3-6,8,10,12H,7,9,11H2,1-2H3,(H,25,28). The zero-order valence-corrected chi connectivity index (χ0v) is 15.9. The first-order chi connectivity index (χ1) is 13.7. The van der Waals surface area contributed by atoms with E-state index in [0.29, 0.717) is 17.8 Å². The van der Waals surface area contributed by atoms with Crippen LogP contribution in [0.2, 0.25) is 0 Å². The molecule has 0 spiro atoms. The third-order valence-electron chi connectivity index (χ3n) is 3.87. The first-order valence-electron chi connectivity index (χ1n) is 8.94. The Kier molecular flexibility index (Phi) is 6.00. The molecule has 0 aliphatic heterocycles. The lowest BCUT2D eigenvalue weighted by molar-refractivity contribution is -0.154. The lowest BCUT2D eigenvalue weighted by atomic mass is 10.2. The van der Waals surface area contributed by atoms with Crippen LogP contribution in [-0.2, 0) is 17.8 Å². The topological polar surface area (TPSA) is 81.9 Å². The van der Waals surface area contributed by atoms with E-state index in [0.717, 1.165) is 10.9 Å². The second kappa shape index (κ2) is 8.46. The van der Waals surface area contributed by atoms with Gasteiger partial charge in [-0.25, -0.2) is 4.98 Å². The van der Waals surface area contributed by atoms with Crippen molar-refractivity contribution in [3.8, 4) is 5.88 Å². The number of hydrogen-bond donors (Lipinski definition) is 1. The van der Waals surface area contributed by atoms with Crippen molar-refractivity contribution in [3.63, 3.8) is 0 Å². The molecule has 0 atom stereocenters. The summed E-state index contributed by atoms with van der Waals surface area (Å²) in [4.78, 5) is 20.2. The number of fused-ring (bicyclic) bond motifs is 1. The molecule has 29 heavy (non-hydrogen) atoms. The fourth-order valence-corrected chi connectivity index (χ4v) is 2.73. The van der Waals surface area contributed by atoms with E-state index in [1.165, 1.54) is 12.3 Å². The summed E-state index contributed by atoms with van der Waals surface area (Å²) in [6.45, 7) is 2.75. The fraction of sp³-hybridized carbons (Fsp3) is 0.368. The molecule has 0 saturated carbocycles. The van der Waals surface area contributed by atoms with Crippen LogP contribution in [0.1, 0.15) is 25.1 Å². The molecule has 3 heterocycles. The number of amides is 1. The maximum Gasteiger partial charge on any atom is 0.422 e. The summed E-state index contributed by atoms with van der Waals surface area (Å²) in [5, 5.41) is 8.06. The molecule has 0 aliphatic rings. The maximum atomic E-state index is 12.2. The summed E-state index contributed by atoms with van der Waals surface area (Å²) in [7, 11) is 0. The van der Waals surface area contributed by atoms with Crippen molar-refractivity contribution in [3.05, 3.63) is 48.0 Å². The SMILES string of the molecule is CC(C)NC(=O)Cc1nccc2nn(Cc3ccc(OCC(F)(F)F)nc3)cc12. The number of alkyl halides is 3. The second-order valence-electron chi connectivity index (χ2n) is 6.82. The lowest BCUT2D eigenvalue weighted by Gasteiger charge is -2.08. The van der Waals surface area contributed by atoms with Crippen LogP contribution >= 0.6 is 0 Å². The van der Waals surface area contributed by atoms with Crippen molar-refractivity contribution < 1.29 is 22.7 Å². The smallest absolute Gasteiger partial charge is 0.422 e. The number of carbonyl (C=O) groups is 1. The Hall–Kier alpha value is -3.17. The third kappa shape index (κ3) is 5.90. The fourth-order valence-electron chi connectivity index (χ4n) is 2.73. The molecule has 154 valence electrons. The molecule has 3 aromatic rings. The Morgan fingerprint density at radius 3 is 2.69 bits per heavy atom. The molecule has 0 radical (unpaired) electrons. The highest BCUT2D eigenvalue weighted by molar-refractivity contribution is 5.86. The molecule has 3 aromatic heterocycles. The number of nitrogens with one attached hydrogen (secondary N) is 1. The van der Waals surface area contributed by atoms with E-state index in [2.05, 4.69) is 25.1 Å². The van der Waals surface area contributed by atoms with Gasteiger partial charge in [0.25, 0.3) is 0 Å². The average molecular weight is 407 g/mol. The predicted octanol–water partition coefficient (Wildman–Crippen LogP) is 2.88. The van der Waals surface area contributed by atoms with Crippen molar-refractivity contribution in [2.75, 3.05) is 6.61 Å². The zero-order chi connectivity index (χ0) is 21.0. The Morgan fingerprint density at radius 1 is 1.24 bits per heavy atom. The number of carbonyl (C=O) groups excluding carboxylic acids is 1. The molecule has 0 fully saturated rings. The summed E-state index contributed by atoms with van der Waals surface area (Å²) in [5.41, 5.74) is 2.07. The molecule has 0 aliphatic carbocycles. The van der Waals surface area contributed by atoms with E-state index in [-0.39, 0.29) is 24.2 Å². The highest BCUT2D eigenvalue weighted by Crippen LogP contribution is 2.19. The number of rotatable bonds is 7. The number of hydrogen-bond acceptors (Lipinski definition) is 5. The molecule has 0 aromatic carbocycles. The normalized spacial score (nSPS) is 11.8. The van der Waals surface area contributed by atoms with Gasteiger partial charge >= 0.3 is 6.18 Å². The molecule has 10 heteroatoms. The minimum Gasteiger partial charge on any atom is -0.468 e. The summed E-state index contributed by atoms with van der Waals surface area (Å²) in [6.07, 6.45) is 0.565. The van der Waals surface area contributed by atoms with Gasteiger partial charge in [-0.1, -0.05) is 6.07 Å². The number of aromatic nitrogens is 4. The number of halogens is 3. The van der Waals surface area contributed by atoms with Crippen molar-refractivity contribution >= 4 is 16.8 Å². The largest absolute Gasteiger partial charge is 0.468 e. The Bertz CT molecular complexity index is 984. The van der Waals surface area contributed by atoms with Gasteiger partial charge in [-0.2, -0.15) is 18.3 Å². The summed E-state index contributed by atoms with van der Waals surface area (Å²) < 4.78 is 42.8. The highest BCUT2D eigenvalue weighted by Gasteiger charge is 2.28. The molecule has 0 saturated heterocycles. The van der Waals surface area contributed by atoms with Crippen LogP contribution in [0.25, 0.3) is 10.9 Å². The van der Waals surface area contributed by atoms with Gasteiger partial charge in [0.1, 0.15) is 0 Å². The van der Waals surface area contributed by atoms with Crippen molar-refractivity contribution in [1.29, 1.82) is 0 Å². The minimum absolute atomic E-state index is 0.0417. The number of pyridine rings is 2. The summed E-state index contributed by atoms with van der Waals surface area (Å²) in [6, 6.07) is 4.80. The van der Waals surface area contributed by atoms with Crippen LogP contribution < -0.4 is 10.1 Å². The zero-order valence-electron chi connectivity index (χ0n) is 15.9. The first-order valence-corrected chi connectivity index (χ1v) is 8.94. The minimum atomic E-state index is -4.41. The van der Waals surface area contributed by atoms with Crippen molar-refractivity contribution in [2.45, 2.75) is 39.0 Å². The molecule has 7 nitrogen and oxygen atoms in total. The average Bonchev–Trinajstić information content (AvgIpc) is 3.03. The van der Waals surface area contributed by atoms with E-state index >= 15 is 0 Å². The van der Waals surface area contributed by atoms with E-state index in [1.807, 2.05) is 13.8 Å². The van der Waals surface area contributed by atoms with Crippen LogP contribution in [0.3, 0.4) is 0 Å². The van der Waals surface area contributed by atoms with Gasteiger partial charge < -0.3 is 10.1 Å². The van der Waals surface area contributed by atoms with Crippen LogP contribution in [0.15, 0.2) is 36.8 Å². The molecular formula is C19H20F3N5O2. The van der Waals surface area contributed by atoms with Crippen LogP contribution in [-0.4, -0.2) is 44.5 Å². The number of nitrogens with zero attached hydrogens (tertiary/aromatic N) is 4. The molecule has 0 unspecified atom stereocenters. The molecule has 1 N–H and O–H groups in total. The van der Waals surface area contributed by atoms with E-state index in [1.54, 1.807) is 29.2 Å². The van der Waals surface area contributed by atoms with Gasteiger partial charge in [0.2, 0.25) is 11.8 Å². The second-order valence-corrected chi connectivity index (χ2v) is 6.82. The Morgan fingerprint density at radius 2 is 2.03 bits per heavy atom. The lowest BCUT2D eigenvalue weighted by Crippen LogP contribution is -2.31. The van der Waals surface area contributed by atoms with Gasteiger partial charge in [0.05, 0.1) is 24.2 Å². The summed E-state index contributed by atoms with van der Waals surface area (Å²) >= 11 is 0. The van der Waals surface area contributed by atoms with E-state index in [4.69, 9.17) is 0 Å². The van der Waals surface area contributed by atoms with E-state index < -0.39 is 12.8 Å². The van der Waals surface area contributed by atoms with Crippen molar-refractivity contribution in [2.24, 2.45) is 0 Å². The van der Waals surface area contributed by atoms with Crippen LogP contribution in [0.5, 0.6) is 5.88 Å². The van der Waals surface area contributed by atoms with Gasteiger partial charge in [0, 0.05) is 36.1 Å². The first kappa shape index (κ1) is 20.6. The van der Waals surface area contributed by atoms with Crippen molar-refractivity contribution in [1.82, 2.24) is 25.1 Å². The van der Waals surface area contributed by atoms with Crippen LogP contribution in [0, 0.1) is 0 Å². The maximum absolute atomic E-state index is 12.2. The quantitative estimate of drug-likeness (QED) is 0.651. The molecule has 1 amide bonds. The molecule has 3 rings (SSSR count). The highest BCUT2D eigenvalue weighted by atomic mass is 19.4.